The second-order valence-electron chi connectivity index (χ2n) is 5.14. The van der Waals surface area contributed by atoms with E-state index in [1.165, 1.54) is 4.90 Å². The van der Waals surface area contributed by atoms with Crippen LogP contribution < -0.4 is 5.32 Å². The first kappa shape index (κ1) is 13.6. The van der Waals surface area contributed by atoms with E-state index in [0.717, 1.165) is 12.3 Å². The van der Waals surface area contributed by atoms with Crippen molar-refractivity contribution in [2.45, 2.75) is 38.6 Å². The van der Waals surface area contributed by atoms with Crippen LogP contribution in [0.4, 0.5) is 0 Å². The van der Waals surface area contributed by atoms with Gasteiger partial charge < -0.3 is 5.32 Å². The third-order valence-electron chi connectivity index (χ3n) is 2.59. The quantitative estimate of drug-likeness (QED) is 0.803. The Morgan fingerprint density at radius 3 is 2.62 bits per heavy atom. The topological polar surface area (TPSA) is 29.9 Å². The summed E-state index contributed by atoms with van der Waals surface area (Å²) >= 11 is 1.87. The summed E-state index contributed by atoms with van der Waals surface area (Å²) in [5.41, 5.74) is 0.297. The van der Waals surface area contributed by atoms with E-state index in [1.807, 2.05) is 29.7 Å². The Kier molecular flexibility index (Phi) is 4.87. The maximum atomic E-state index is 4.18. The smallest absolute Gasteiger partial charge is 0.0625 e. The fraction of sp³-hybridized carbons (Fsp3) is 0.750. The number of hydrogen-bond donors (Lipinski definition) is 1. The van der Waals surface area contributed by atoms with Crippen LogP contribution in [0.15, 0.2) is 17.3 Å². The van der Waals surface area contributed by atoms with E-state index in [9.17, 15) is 0 Å². The summed E-state index contributed by atoms with van der Waals surface area (Å²) in [6.07, 6.45) is 3.99. The SMILES string of the molecule is CCNC(CSc1cnn(C)c1)C(C)(C)C. The summed E-state index contributed by atoms with van der Waals surface area (Å²) in [7, 11) is 1.95. The van der Waals surface area contributed by atoms with Gasteiger partial charge in [0.15, 0.2) is 0 Å². The number of aryl methyl sites for hydroxylation is 1. The van der Waals surface area contributed by atoms with Gasteiger partial charge in [-0.25, -0.2) is 0 Å². The highest BCUT2D eigenvalue weighted by molar-refractivity contribution is 7.99. The third-order valence-corrected chi connectivity index (χ3v) is 3.64. The summed E-state index contributed by atoms with van der Waals surface area (Å²) in [5, 5.41) is 7.73. The zero-order valence-electron chi connectivity index (χ0n) is 10.9. The van der Waals surface area contributed by atoms with Crippen LogP contribution in [0.3, 0.4) is 0 Å². The predicted molar refractivity (Wildman–Crippen MR) is 70.9 cm³/mol. The Morgan fingerprint density at radius 1 is 1.50 bits per heavy atom. The molecule has 0 bridgehead atoms. The Labute approximate surface area is 103 Å². The highest BCUT2D eigenvalue weighted by Gasteiger charge is 2.23. The summed E-state index contributed by atoms with van der Waals surface area (Å²) in [6, 6.07) is 0.530. The molecule has 0 spiro atoms. The van der Waals surface area contributed by atoms with E-state index in [2.05, 4.69) is 44.3 Å². The molecule has 0 saturated heterocycles. The number of nitrogens with one attached hydrogen (secondary N) is 1. The number of rotatable bonds is 5. The van der Waals surface area contributed by atoms with Crippen LogP contribution in [0.1, 0.15) is 27.7 Å². The van der Waals surface area contributed by atoms with E-state index >= 15 is 0 Å². The minimum Gasteiger partial charge on any atom is -0.313 e. The largest absolute Gasteiger partial charge is 0.313 e. The highest BCUT2D eigenvalue weighted by Crippen LogP contribution is 2.26. The standard InChI is InChI=1S/C12H23N3S/c1-6-13-11(12(2,3)4)9-16-10-7-14-15(5)8-10/h7-8,11,13H,6,9H2,1-5H3. The van der Waals surface area contributed by atoms with Crippen LogP contribution in [0.2, 0.25) is 0 Å². The minimum atomic E-state index is 0.297. The van der Waals surface area contributed by atoms with Gasteiger partial charge in [0.2, 0.25) is 0 Å². The van der Waals surface area contributed by atoms with Crippen molar-refractivity contribution in [2.24, 2.45) is 12.5 Å². The van der Waals surface area contributed by atoms with Gasteiger partial charge in [-0.1, -0.05) is 27.7 Å². The molecule has 0 amide bonds. The van der Waals surface area contributed by atoms with Gasteiger partial charge in [-0.05, 0) is 12.0 Å². The Balaban J connectivity index is 2.50. The van der Waals surface area contributed by atoms with Crippen molar-refractivity contribution in [3.8, 4) is 0 Å². The molecule has 1 aromatic rings. The first-order chi connectivity index (χ1) is 7.43. The van der Waals surface area contributed by atoms with Gasteiger partial charge in [-0.15, -0.1) is 11.8 Å². The van der Waals surface area contributed by atoms with E-state index in [1.54, 1.807) is 0 Å². The van der Waals surface area contributed by atoms with E-state index in [-0.39, 0.29) is 0 Å². The van der Waals surface area contributed by atoms with Gasteiger partial charge in [0.25, 0.3) is 0 Å². The number of hydrogen-bond acceptors (Lipinski definition) is 3. The molecule has 0 aliphatic carbocycles. The molecule has 4 heteroatoms. The lowest BCUT2D eigenvalue weighted by atomic mass is 9.88. The third kappa shape index (κ3) is 4.18. The van der Waals surface area contributed by atoms with Crippen LogP contribution in [-0.4, -0.2) is 28.1 Å². The van der Waals surface area contributed by atoms with Crippen LogP contribution in [0.25, 0.3) is 0 Å². The summed E-state index contributed by atoms with van der Waals surface area (Å²) in [4.78, 5) is 1.25. The van der Waals surface area contributed by atoms with Crippen LogP contribution in [-0.2, 0) is 7.05 Å². The van der Waals surface area contributed by atoms with Crippen LogP contribution >= 0.6 is 11.8 Å². The zero-order chi connectivity index (χ0) is 12.2. The molecule has 0 aromatic carbocycles. The molecule has 0 fully saturated rings. The first-order valence-electron chi connectivity index (χ1n) is 5.78. The molecule has 1 heterocycles. The van der Waals surface area contributed by atoms with Crippen molar-refractivity contribution in [3.63, 3.8) is 0 Å². The van der Waals surface area contributed by atoms with Crippen molar-refractivity contribution < 1.29 is 0 Å². The lowest BCUT2D eigenvalue weighted by Crippen LogP contribution is -2.42. The Morgan fingerprint density at radius 2 is 2.19 bits per heavy atom. The van der Waals surface area contributed by atoms with E-state index < -0.39 is 0 Å². The number of nitrogens with zero attached hydrogens (tertiary/aromatic N) is 2. The van der Waals surface area contributed by atoms with Crippen molar-refractivity contribution >= 4 is 11.8 Å². The molecule has 1 N–H and O–H groups in total. The first-order valence-corrected chi connectivity index (χ1v) is 6.77. The molecule has 3 nitrogen and oxygen atoms in total. The zero-order valence-corrected chi connectivity index (χ0v) is 11.8. The second-order valence-corrected chi connectivity index (χ2v) is 6.23. The molecule has 16 heavy (non-hydrogen) atoms. The molecular weight excluding hydrogens is 218 g/mol. The van der Waals surface area contributed by atoms with Crippen LogP contribution in [0, 0.1) is 5.41 Å². The highest BCUT2D eigenvalue weighted by atomic mass is 32.2. The van der Waals surface area contributed by atoms with Gasteiger partial charge in [-0.2, -0.15) is 5.10 Å². The molecule has 0 aliphatic heterocycles. The molecule has 92 valence electrons. The number of aromatic nitrogens is 2. The monoisotopic (exact) mass is 241 g/mol. The predicted octanol–water partition coefficient (Wildman–Crippen LogP) is 2.54. The number of thioether (sulfide) groups is 1. The summed E-state index contributed by atoms with van der Waals surface area (Å²) in [5.74, 6) is 1.09. The van der Waals surface area contributed by atoms with Crippen molar-refractivity contribution in [3.05, 3.63) is 12.4 Å². The minimum absolute atomic E-state index is 0.297. The normalized spacial score (nSPS) is 14.1. The van der Waals surface area contributed by atoms with Gasteiger partial charge in [0.05, 0.1) is 6.20 Å². The average molecular weight is 241 g/mol. The van der Waals surface area contributed by atoms with Crippen LogP contribution in [0.5, 0.6) is 0 Å². The second kappa shape index (κ2) is 5.73. The van der Waals surface area contributed by atoms with Gasteiger partial charge in [0, 0.05) is 29.9 Å². The molecule has 0 saturated carbocycles. The fourth-order valence-electron chi connectivity index (χ4n) is 1.51. The maximum Gasteiger partial charge on any atom is 0.0625 e. The molecule has 1 unspecified atom stereocenters. The Bertz CT molecular complexity index is 314. The van der Waals surface area contributed by atoms with E-state index in [0.29, 0.717) is 11.5 Å². The Hall–Kier alpha value is -0.480. The maximum absolute atomic E-state index is 4.18. The summed E-state index contributed by atoms with van der Waals surface area (Å²) < 4.78 is 1.85. The fourth-order valence-corrected chi connectivity index (χ4v) is 2.84. The molecular formula is C12H23N3S. The van der Waals surface area contributed by atoms with Gasteiger partial charge >= 0.3 is 0 Å². The lowest BCUT2D eigenvalue weighted by molar-refractivity contribution is 0.295. The molecule has 1 atom stereocenters. The average Bonchev–Trinajstić information content (AvgIpc) is 2.57. The molecule has 0 radical (unpaired) electrons. The van der Waals surface area contributed by atoms with E-state index in [4.69, 9.17) is 0 Å². The lowest BCUT2D eigenvalue weighted by Gasteiger charge is -2.31. The molecule has 1 rings (SSSR count). The van der Waals surface area contributed by atoms with Crippen molar-refractivity contribution in [1.82, 2.24) is 15.1 Å². The van der Waals surface area contributed by atoms with Gasteiger partial charge in [-0.3, -0.25) is 4.68 Å². The van der Waals surface area contributed by atoms with Gasteiger partial charge in [0.1, 0.15) is 0 Å². The molecule has 0 aliphatic rings. The molecule has 1 aromatic heterocycles. The summed E-state index contributed by atoms with van der Waals surface area (Å²) in [6.45, 7) is 10.0. The van der Waals surface area contributed by atoms with Crippen molar-refractivity contribution in [1.29, 1.82) is 0 Å². The van der Waals surface area contributed by atoms with Crippen molar-refractivity contribution in [2.75, 3.05) is 12.3 Å².